The molecule has 6 aromatic heterocycles. The van der Waals surface area contributed by atoms with Crippen LogP contribution < -0.4 is 17.2 Å². The molecule has 3 aliphatic rings. The van der Waals surface area contributed by atoms with Crippen molar-refractivity contribution < 1.29 is 104 Å². The smallest absolute Gasteiger partial charge is 0.394 e. The first-order chi connectivity index (χ1) is 36.0. The highest BCUT2D eigenvalue weighted by molar-refractivity contribution is 8.06. The van der Waals surface area contributed by atoms with Crippen LogP contribution >= 0.6 is 30.2 Å². The van der Waals surface area contributed by atoms with Crippen molar-refractivity contribution in [3.05, 3.63) is 38.0 Å². The van der Waals surface area contributed by atoms with Gasteiger partial charge in [0, 0.05) is 14.2 Å². The number of rotatable bonds is 23. The maximum absolute atomic E-state index is 14.0. The first kappa shape index (κ1) is 56.4. The van der Waals surface area contributed by atoms with Crippen molar-refractivity contribution in [2.45, 2.75) is 73.6 Å². The molecule has 76 heavy (non-hydrogen) atoms. The third kappa shape index (κ3) is 11.8. The Morgan fingerprint density at radius 3 is 1.32 bits per heavy atom. The van der Waals surface area contributed by atoms with Gasteiger partial charge in [0.25, 0.3) is 0 Å². The van der Waals surface area contributed by atoms with Gasteiger partial charge in [-0.2, -0.15) is 0 Å². The summed E-state index contributed by atoms with van der Waals surface area (Å²) in [5.74, 6) is -0.137. The lowest BCUT2D eigenvalue weighted by Crippen LogP contribution is -2.38. The summed E-state index contributed by atoms with van der Waals surface area (Å²) < 4.78 is 111. The fraction of sp³-hybridized carbons (Fsp3) is 0.559. The number of nitrogens with two attached hydrogens (primary N) is 3. The maximum atomic E-state index is 14.0. The molecule has 0 aromatic carbocycles. The van der Waals surface area contributed by atoms with E-state index in [1.165, 1.54) is 28.9 Å². The highest BCUT2D eigenvalue weighted by atomic mass is 32.5. The summed E-state index contributed by atoms with van der Waals surface area (Å²) in [6, 6.07) is 0. The van der Waals surface area contributed by atoms with E-state index in [0.717, 1.165) is 37.0 Å². The number of hydrogen-bond donors (Lipinski definition) is 10. The number of aliphatic hydroxyl groups is 2. The van der Waals surface area contributed by atoms with Crippen LogP contribution in [0.3, 0.4) is 0 Å². The Kier molecular flexibility index (Phi) is 16.6. The molecular weight excluding hydrogens is 1130 g/mol. The third-order valence-corrected chi connectivity index (χ3v) is 15.5. The maximum Gasteiger partial charge on any atom is 0.472 e. The lowest BCUT2D eigenvalue weighted by molar-refractivity contribution is -0.0657. The van der Waals surface area contributed by atoms with Crippen LogP contribution in [0.15, 0.2) is 38.0 Å². The van der Waals surface area contributed by atoms with Gasteiger partial charge in [-0.05, 0) is 11.8 Å². The normalized spacial score (nSPS) is 29.6. The highest BCUT2D eigenvalue weighted by Crippen LogP contribution is 2.54. The molecule has 0 aliphatic carbocycles. The van der Waals surface area contributed by atoms with Gasteiger partial charge >= 0.3 is 30.2 Å². The number of imidazole rings is 3. The lowest BCUT2D eigenvalue weighted by atomic mass is 10.1. The number of phosphoric acid groups is 3. The Morgan fingerprint density at radius 2 is 0.908 bits per heavy atom. The van der Waals surface area contributed by atoms with Crippen molar-refractivity contribution in [1.29, 1.82) is 0 Å². The fourth-order valence-corrected chi connectivity index (χ4v) is 11.9. The molecule has 9 heterocycles. The number of aromatic nitrogens is 12. The predicted octanol–water partition coefficient (Wildman–Crippen LogP) is -1.94. The molecule has 6 unspecified atom stereocenters. The first-order valence-corrected chi connectivity index (χ1v) is 28.9. The molecule has 0 spiro atoms. The standard InChI is InChI=1S/C34H47N15O22P4S/c1-60-21-15(6-63-72(52,53)62-4-3-50)67-33(48-12-45-18-27(36)39-9-42-30(18)48)24(21)70-74(56,57)64-5-14-20(51)23(32(66-14)47-11-44-17-26(35)38-8-41-29(17)47)69-73(54,55)65-7-16-22(61-2)25(71-75(58,59)76)34(68-16)49-13-46-19-28(37)40-10-43-31(19)49/h8-16,20-25,32-34,50-51H,3-7H2,1-2H3,(H,52,53)(H,54,55)(H,56,57)(H2,35,38,41)(H2,36,39,42)(H2,37,40,43)(H2,58,59,76)/t14-,15-,16-,20?,21?,22?,23+,24+,25+,32-,33-,34-/m1/s1. The minimum Gasteiger partial charge on any atom is -0.394 e. The number of ether oxygens (including phenoxy) is 5. The molecule has 416 valence electrons. The molecule has 9 rings (SSSR count). The van der Waals surface area contributed by atoms with Crippen LogP contribution in [-0.4, -0.2) is 195 Å². The second-order valence-corrected chi connectivity index (χ2v) is 23.3. The summed E-state index contributed by atoms with van der Waals surface area (Å²) in [4.78, 5) is 90.0. The monoisotopic (exact) mass is 1170 g/mol. The Balaban J connectivity index is 0.943. The van der Waals surface area contributed by atoms with Gasteiger partial charge in [0.1, 0.15) is 90.5 Å². The summed E-state index contributed by atoms with van der Waals surface area (Å²) in [6.07, 6.45) is -11.8. The van der Waals surface area contributed by atoms with Gasteiger partial charge in [0.2, 0.25) is 0 Å². The van der Waals surface area contributed by atoms with Gasteiger partial charge in [-0.15, -0.1) is 0 Å². The number of methoxy groups -OCH3 is 2. The van der Waals surface area contributed by atoms with E-state index < -0.39 is 137 Å². The van der Waals surface area contributed by atoms with Crippen LogP contribution in [0.2, 0.25) is 0 Å². The van der Waals surface area contributed by atoms with E-state index in [2.05, 4.69) is 49.4 Å². The Morgan fingerprint density at radius 1 is 0.539 bits per heavy atom. The number of anilines is 3. The second kappa shape index (κ2) is 22.4. The van der Waals surface area contributed by atoms with Gasteiger partial charge in [-0.3, -0.25) is 45.4 Å². The summed E-state index contributed by atoms with van der Waals surface area (Å²) in [7, 11) is -13.2. The summed E-state index contributed by atoms with van der Waals surface area (Å²) >= 11 is 4.75. The zero-order chi connectivity index (χ0) is 54.5. The number of hydrogen-bond acceptors (Lipinski definition) is 30. The molecule has 0 bridgehead atoms. The van der Waals surface area contributed by atoms with Crippen LogP contribution in [0.25, 0.3) is 33.5 Å². The molecular formula is C34H47N15O22P4S. The van der Waals surface area contributed by atoms with E-state index >= 15 is 0 Å². The lowest BCUT2D eigenvalue weighted by Gasteiger charge is -2.26. The van der Waals surface area contributed by atoms with Crippen LogP contribution in [0.1, 0.15) is 18.7 Å². The fourth-order valence-electron chi connectivity index (χ4n) is 8.51. The molecule has 0 saturated carbocycles. The van der Waals surface area contributed by atoms with E-state index in [9.17, 15) is 43.3 Å². The second-order valence-electron chi connectivity index (χ2n) is 16.4. The van der Waals surface area contributed by atoms with Gasteiger partial charge < -0.3 is 75.6 Å². The molecule has 37 nitrogen and oxygen atoms in total. The van der Waals surface area contributed by atoms with Crippen molar-refractivity contribution in [2.24, 2.45) is 0 Å². The van der Waals surface area contributed by atoms with E-state index in [1.54, 1.807) is 0 Å². The SMILES string of the molecule is COC1[C@@H](COP(=O)(O)OCCO)O[C@@H](n2cnc3c(N)ncnc32)[C@H]1OP(=O)(O)OC[C@H]1O[C@@H](n2cnc3c(N)ncnc32)[C@@H](OP(=O)(O)OC[C@H]2O[C@@H](n3cnc4c(N)ncnc43)[C@@H](OP(O)(O)=S)C2OC)C1O. The number of fused-ring (bicyclic) bond motifs is 3. The first-order valence-electron chi connectivity index (χ1n) is 21.8. The third-order valence-electron chi connectivity index (χ3n) is 11.7. The molecule has 42 heteroatoms. The molecule has 13 N–H and O–H groups in total. The van der Waals surface area contributed by atoms with E-state index in [0.29, 0.717) is 0 Å². The molecule has 0 radical (unpaired) electrons. The predicted molar refractivity (Wildman–Crippen MR) is 252 cm³/mol. The van der Waals surface area contributed by atoms with E-state index in [-0.39, 0.29) is 50.9 Å². The zero-order valence-electron chi connectivity index (χ0n) is 39.0. The van der Waals surface area contributed by atoms with Gasteiger partial charge in [0.15, 0.2) is 53.1 Å². The Hall–Kier alpha value is -4.37. The van der Waals surface area contributed by atoms with Crippen LogP contribution in [0.5, 0.6) is 0 Å². The quantitative estimate of drug-likeness (QED) is 0.0312. The average molecular weight is 1170 g/mol. The number of aliphatic hydroxyl groups excluding tert-OH is 2. The average Bonchev–Trinajstić information content (AvgIpc) is 4.25. The molecule has 3 aliphatic heterocycles. The zero-order valence-corrected chi connectivity index (χ0v) is 43.4. The number of nitrogens with zero attached hydrogens (tertiary/aromatic N) is 12. The molecule has 6 aromatic rings. The van der Waals surface area contributed by atoms with Crippen LogP contribution in [0.4, 0.5) is 17.5 Å². The minimum absolute atomic E-state index is 0.00195. The van der Waals surface area contributed by atoms with Gasteiger partial charge in [-0.1, -0.05) is 0 Å². The Bertz CT molecular complexity index is 3250. The van der Waals surface area contributed by atoms with Crippen molar-refractivity contribution in [3.8, 4) is 0 Å². The largest absolute Gasteiger partial charge is 0.472 e. The topological polar surface area (TPSA) is 512 Å². The molecule has 0 amide bonds. The molecule has 3 saturated heterocycles. The summed E-state index contributed by atoms with van der Waals surface area (Å²) in [5.41, 5.74) is 18.4. The van der Waals surface area contributed by atoms with Crippen LogP contribution in [0, 0.1) is 0 Å². The number of phosphoric ester groups is 3. The van der Waals surface area contributed by atoms with Crippen LogP contribution in [-0.2, 0) is 80.9 Å². The van der Waals surface area contributed by atoms with Gasteiger partial charge in [0.05, 0.1) is 52.0 Å². The van der Waals surface area contributed by atoms with Crippen molar-refractivity contribution in [3.63, 3.8) is 0 Å². The summed E-state index contributed by atoms with van der Waals surface area (Å²) in [5, 5.41) is 20.9. The van der Waals surface area contributed by atoms with E-state index in [4.69, 9.17) is 84.9 Å². The molecule has 3 fully saturated rings. The highest BCUT2D eigenvalue weighted by Gasteiger charge is 2.55. The van der Waals surface area contributed by atoms with Crippen molar-refractivity contribution in [2.75, 3.05) is 64.5 Å². The van der Waals surface area contributed by atoms with Crippen molar-refractivity contribution >= 4 is 92.9 Å². The Labute approximate surface area is 430 Å². The molecule has 15 atom stereocenters. The number of nitrogen functional groups attached to an aromatic ring is 3. The van der Waals surface area contributed by atoms with Gasteiger partial charge in [-0.25, -0.2) is 58.6 Å². The minimum atomic E-state index is -5.41. The summed E-state index contributed by atoms with van der Waals surface area (Å²) in [6.45, 7) is -8.24. The van der Waals surface area contributed by atoms with Crippen molar-refractivity contribution in [1.82, 2.24) is 58.6 Å². The van der Waals surface area contributed by atoms with E-state index in [1.807, 2.05) is 0 Å².